The minimum atomic E-state index is -0.829. The second-order valence-corrected chi connectivity index (χ2v) is 7.31. The lowest BCUT2D eigenvalue weighted by Gasteiger charge is -2.20. The third kappa shape index (κ3) is 1.82. The van der Waals surface area contributed by atoms with Gasteiger partial charge in [-0.2, -0.15) is 0 Å². The molecule has 1 spiro atoms. The number of carbonyl (C=O) groups is 2. The number of benzene rings is 1. The Hall–Kier alpha value is -0.980. The standard InChI is InChI=1S/C13H11ClN2O2S2/c1-7(17)16-10-4-3-8(14)5-9(10)13(11(16)18)6-15-12(19-2)20-13/h3-5H,6H2,1-2H3. The zero-order valence-corrected chi connectivity index (χ0v) is 13.2. The molecule has 7 heteroatoms. The third-order valence-corrected chi connectivity index (χ3v) is 6.00. The summed E-state index contributed by atoms with van der Waals surface area (Å²) in [5, 5.41) is 0.555. The monoisotopic (exact) mass is 326 g/mol. The van der Waals surface area contributed by atoms with Crippen LogP contribution >= 0.6 is 35.1 Å². The normalized spacial score (nSPS) is 24.2. The number of fused-ring (bicyclic) bond motifs is 2. The van der Waals surface area contributed by atoms with Gasteiger partial charge < -0.3 is 0 Å². The summed E-state index contributed by atoms with van der Waals surface area (Å²) in [5.41, 5.74) is 1.40. The quantitative estimate of drug-likeness (QED) is 0.735. The smallest absolute Gasteiger partial charge is 0.256 e. The van der Waals surface area contributed by atoms with Gasteiger partial charge in [-0.05, 0) is 24.5 Å². The molecule has 1 aromatic carbocycles. The molecular weight excluding hydrogens is 316 g/mol. The van der Waals surface area contributed by atoms with Gasteiger partial charge in [-0.3, -0.25) is 14.6 Å². The van der Waals surface area contributed by atoms with Crippen LogP contribution in [-0.4, -0.2) is 29.0 Å². The molecule has 0 N–H and O–H groups in total. The summed E-state index contributed by atoms with van der Waals surface area (Å²) in [6.45, 7) is 1.75. The molecule has 0 bridgehead atoms. The number of thioether (sulfide) groups is 2. The molecule has 0 aromatic heterocycles. The molecule has 2 amide bonds. The first-order valence-electron chi connectivity index (χ1n) is 5.92. The lowest BCUT2D eigenvalue weighted by atomic mass is 10.00. The van der Waals surface area contributed by atoms with Crippen molar-refractivity contribution in [2.24, 2.45) is 4.99 Å². The van der Waals surface area contributed by atoms with Gasteiger partial charge in [0.05, 0.1) is 12.2 Å². The Bertz CT molecular complexity index is 662. The van der Waals surface area contributed by atoms with Crippen molar-refractivity contribution in [2.75, 3.05) is 17.7 Å². The molecule has 0 saturated heterocycles. The van der Waals surface area contributed by atoms with Crippen LogP contribution < -0.4 is 4.90 Å². The lowest BCUT2D eigenvalue weighted by molar-refractivity contribution is -0.126. The van der Waals surface area contributed by atoms with Crippen LogP contribution in [0, 0.1) is 0 Å². The number of hydrogen-bond donors (Lipinski definition) is 0. The van der Waals surface area contributed by atoms with E-state index in [-0.39, 0.29) is 11.8 Å². The molecule has 104 valence electrons. The minimum absolute atomic E-state index is 0.222. The van der Waals surface area contributed by atoms with Gasteiger partial charge in [-0.1, -0.05) is 23.4 Å². The highest BCUT2D eigenvalue weighted by atomic mass is 35.5. The Kier molecular flexibility index (Phi) is 3.35. The summed E-state index contributed by atoms with van der Waals surface area (Å²) >= 11 is 8.98. The number of amides is 2. The van der Waals surface area contributed by atoms with Crippen molar-refractivity contribution in [3.8, 4) is 0 Å². The zero-order chi connectivity index (χ0) is 14.5. The SMILES string of the molecule is CSC1=NCC2(S1)C(=O)N(C(C)=O)c1ccc(Cl)cc12. The number of nitrogens with zero attached hydrogens (tertiary/aromatic N) is 2. The average molecular weight is 327 g/mol. The second kappa shape index (κ2) is 4.79. The van der Waals surface area contributed by atoms with Crippen LogP contribution in [0.2, 0.25) is 5.02 Å². The summed E-state index contributed by atoms with van der Waals surface area (Å²) in [6, 6.07) is 5.19. The molecule has 0 aliphatic carbocycles. The molecule has 0 radical (unpaired) electrons. The van der Waals surface area contributed by atoms with Crippen LogP contribution in [0.4, 0.5) is 5.69 Å². The van der Waals surface area contributed by atoms with Crippen molar-refractivity contribution >= 4 is 57.0 Å². The summed E-state index contributed by atoms with van der Waals surface area (Å²) < 4.78 is 0.0271. The maximum atomic E-state index is 12.8. The Morgan fingerprint density at radius 1 is 1.55 bits per heavy atom. The van der Waals surface area contributed by atoms with Crippen molar-refractivity contribution in [2.45, 2.75) is 11.7 Å². The van der Waals surface area contributed by atoms with E-state index in [2.05, 4.69) is 4.99 Å². The molecule has 4 nitrogen and oxygen atoms in total. The molecule has 1 atom stereocenters. The fraction of sp³-hybridized carbons (Fsp3) is 0.308. The number of hydrogen-bond acceptors (Lipinski definition) is 5. The highest BCUT2D eigenvalue weighted by molar-refractivity contribution is 8.39. The average Bonchev–Trinajstić information content (AvgIpc) is 2.94. The molecule has 2 aliphatic rings. The fourth-order valence-corrected chi connectivity index (χ4v) is 4.63. The first kappa shape index (κ1) is 14.0. The summed E-state index contributed by atoms with van der Waals surface area (Å²) in [5.74, 6) is -0.506. The van der Waals surface area contributed by atoms with E-state index in [1.54, 1.807) is 18.2 Å². The van der Waals surface area contributed by atoms with E-state index in [0.29, 0.717) is 17.3 Å². The van der Waals surface area contributed by atoms with Crippen molar-refractivity contribution in [3.63, 3.8) is 0 Å². The van der Waals surface area contributed by atoms with Crippen LogP contribution in [0.15, 0.2) is 23.2 Å². The van der Waals surface area contributed by atoms with Gasteiger partial charge in [-0.15, -0.1) is 11.8 Å². The molecule has 0 fully saturated rings. The van der Waals surface area contributed by atoms with E-state index in [1.807, 2.05) is 6.26 Å². The van der Waals surface area contributed by atoms with Crippen LogP contribution in [0.5, 0.6) is 0 Å². The van der Waals surface area contributed by atoms with E-state index in [0.717, 1.165) is 9.94 Å². The van der Waals surface area contributed by atoms with Gasteiger partial charge in [0.2, 0.25) is 5.91 Å². The summed E-state index contributed by atoms with van der Waals surface area (Å²) in [6.07, 6.45) is 1.92. The van der Waals surface area contributed by atoms with Crippen molar-refractivity contribution < 1.29 is 9.59 Å². The van der Waals surface area contributed by atoms with Gasteiger partial charge in [0.15, 0.2) is 0 Å². The van der Waals surface area contributed by atoms with E-state index in [1.165, 1.54) is 35.3 Å². The Balaban J connectivity index is 2.17. The van der Waals surface area contributed by atoms with E-state index in [9.17, 15) is 9.59 Å². The number of halogens is 1. The first-order valence-corrected chi connectivity index (χ1v) is 8.34. The lowest BCUT2D eigenvalue weighted by Crippen LogP contribution is -2.41. The van der Waals surface area contributed by atoms with Crippen molar-refractivity contribution in [3.05, 3.63) is 28.8 Å². The minimum Gasteiger partial charge on any atom is -0.274 e. The Morgan fingerprint density at radius 3 is 2.90 bits per heavy atom. The maximum Gasteiger partial charge on any atom is 0.256 e. The van der Waals surface area contributed by atoms with Crippen molar-refractivity contribution in [1.29, 1.82) is 0 Å². The highest BCUT2D eigenvalue weighted by Gasteiger charge is 2.55. The topological polar surface area (TPSA) is 49.7 Å². The van der Waals surface area contributed by atoms with Gasteiger partial charge in [0, 0.05) is 17.5 Å². The summed E-state index contributed by atoms with van der Waals surface area (Å²) in [4.78, 5) is 30.2. The zero-order valence-electron chi connectivity index (χ0n) is 10.8. The molecule has 1 unspecified atom stereocenters. The highest BCUT2D eigenvalue weighted by Crippen LogP contribution is 2.53. The molecule has 20 heavy (non-hydrogen) atoms. The summed E-state index contributed by atoms with van der Waals surface area (Å²) in [7, 11) is 0. The van der Waals surface area contributed by atoms with Crippen LogP contribution in [0.1, 0.15) is 12.5 Å². The number of rotatable bonds is 0. The molecule has 0 saturated carbocycles. The van der Waals surface area contributed by atoms with Gasteiger partial charge >= 0.3 is 0 Å². The fourth-order valence-electron chi connectivity index (χ4n) is 2.49. The van der Waals surface area contributed by atoms with E-state index in [4.69, 9.17) is 11.6 Å². The Labute approximate surface area is 130 Å². The van der Waals surface area contributed by atoms with Crippen LogP contribution in [-0.2, 0) is 14.3 Å². The van der Waals surface area contributed by atoms with E-state index < -0.39 is 4.75 Å². The van der Waals surface area contributed by atoms with Crippen molar-refractivity contribution in [1.82, 2.24) is 0 Å². The molecule has 1 aromatic rings. The molecule has 3 rings (SSSR count). The van der Waals surface area contributed by atoms with Crippen LogP contribution in [0.3, 0.4) is 0 Å². The number of anilines is 1. The Morgan fingerprint density at radius 2 is 2.30 bits per heavy atom. The van der Waals surface area contributed by atoms with Crippen LogP contribution in [0.25, 0.3) is 0 Å². The second-order valence-electron chi connectivity index (χ2n) is 4.54. The molecule has 2 heterocycles. The molecule has 2 aliphatic heterocycles. The number of imide groups is 1. The third-order valence-electron chi connectivity index (χ3n) is 3.37. The number of aliphatic imine (C=N–C) groups is 1. The number of carbonyl (C=O) groups excluding carboxylic acids is 2. The predicted octanol–water partition coefficient (Wildman–Crippen LogP) is 2.89. The van der Waals surface area contributed by atoms with Gasteiger partial charge in [0.1, 0.15) is 9.12 Å². The predicted molar refractivity (Wildman–Crippen MR) is 84.7 cm³/mol. The van der Waals surface area contributed by atoms with Gasteiger partial charge in [0.25, 0.3) is 5.91 Å². The maximum absolute atomic E-state index is 12.8. The first-order chi connectivity index (χ1) is 9.49. The van der Waals surface area contributed by atoms with E-state index >= 15 is 0 Å². The molecular formula is C13H11ClN2O2S2. The van der Waals surface area contributed by atoms with Gasteiger partial charge in [-0.25, -0.2) is 4.90 Å². The largest absolute Gasteiger partial charge is 0.274 e.